The molecule has 20 heavy (non-hydrogen) atoms. The summed E-state index contributed by atoms with van der Waals surface area (Å²) in [5, 5.41) is 0. The van der Waals surface area contributed by atoms with Gasteiger partial charge in [-0.2, -0.15) is 4.99 Å². The molecule has 0 unspecified atom stereocenters. The van der Waals surface area contributed by atoms with E-state index in [1.165, 1.54) is 0 Å². The summed E-state index contributed by atoms with van der Waals surface area (Å²) in [6.45, 7) is 0. The van der Waals surface area contributed by atoms with Crippen molar-refractivity contribution in [2.45, 2.75) is 6.17 Å². The Bertz CT molecular complexity index is 724. The van der Waals surface area contributed by atoms with E-state index in [-0.39, 0.29) is 12.1 Å². The largest absolute Gasteiger partial charge is 0.423 e. The Morgan fingerprint density at radius 1 is 1.00 bits per heavy atom. The molecule has 2 N–H and O–H groups in total. The summed E-state index contributed by atoms with van der Waals surface area (Å²) in [6.07, 6.45) is -0.243. The molecule has 2 aliphatic heterocycles. The maximum Gasteiger partial charge on any atom is 0.307 e. The van der Waals surface area contributed by atoms with E-state index in [4.69, 9.17) is 10.5 Å². The van der Waals surface area contributed by atoms with E-state index in [0.717, 1.165) is 17.0 Å². The minimum Gasteiger partial charge on any atom is -0.423 e. The van der Waals surface area contributed by atoms with Crippen LogP contribution in [0.5, 0.6) is 5.75 Å². The number of ether oxygens (including phenoxy) is 1. The minimum atomic E-state index is -0.243. The van der Waals surface area contributed by atoms with Gasteiger partial charge in [-0.1, -0.05) is 42.5 Å². The smallest absolute Gasteiger partial charge is 0.307 e. The van der Waals surface area contributed by atoms with Gasteiger partial charge in [-0.3, -0.25) is 4.90 Å². The molecular formula is C15H12N4O. The summed E-state index contributed by atoms with van der Waals surface area (Å²) in [7, 11) is 0. The second-order valence-corrected chi connectivity index (χ2v) is 4.61. The first kappa shape index (κ1) is 11.0. The Morgan fingerprint density at radius 2 is 1.75 bits per heavy atom. The van der Waals surface area contributed by atoms with E-state index >= 15 is 0 Å². The van der Waals surface area contributed by atoms with Gasteiger partial charge in [-0.05, 0) is 17.7 Å². The van der Waals surface area contributed by atoms with Crippen LogP contribution in [0.3, 0.4) is 0 Å². The van der Waals surface area contributed by atoms with Gasteiger partial charge in [0.05, 0.1) is 5.69 Å². The number of anilines is 1. The normalized spacial score (nSPS) is 19.6. The third-order valence-electron chi connectivity index (χ3n) is 3.34. The number of hydrogen-bond donors (Lipinski definition) is 1. The first-order valence-electron chi connectivity index (χ1n) is 6.36. The van der Waals surface area contributed by atoms with Crippen LogP contribution >= 0.6 is 0 Å². The molecule has 98 valence electrons. The monoisotopic (exact) mass is 264 g/mol. The molecule has 0 amide bonds. The number of amidine groups is 1. The van der Waals surface area contributed by atoms with Crippen molar-refractivity contribution >= 4 is 17.7 Å². The number of aliphatic imine (C=N–C) groups is 2. The quantitative estimate of drug-likeness (QED) is 0.859. The Labute approximate surface area is 116 Å². The molecule has 0 aliphatic carbocycles. The van der Waals surface area contributed by atoms with Crippen LogP contribution in [0.2, 0.25) is 0 Å². The second kappa shape index (κ2) is 4.09. The van der Waals surface area contributed by atoms with Gasteiger partial charge in [0.25, 0.3) is 0 Å². The predicted molar refractivity (Wildman–Crippen MR) is 77.8 cm³/mol. The molecule has 0 radical (unpaired) electrons. The predicted octanol–water partition coefficient (Wildman–Crippen LogP) is 2.27. The first-order chi connectivity index (χ1) is 9.83. The molecule has 5 nitrogen and oxygen atoms in total. The molecule has 4 rings (SSSR count). The summed E-state index contributed by atoms with van der Waals surface area (Å²) in [4.78, 5) is 10.6. The maximum absolute atomic E-state index is 5.81. The number of hydrogen-bond acceptors (Lipinski definition) is 5. The Hall–Kier alpha value is -2.82. The summed E-state index contributed by atoms with van der Waals surface area (Å²) in [6, 6.07) is 18.3. The fourth-order valence-corrected chi connectivity index (χ4v) is 2.46. The molecule has 0 saturated heterocycles. The lowest BCUT2D eigenvalue weighted by Gasteiger charge is -2.27. The van der Waals surface area contributed by atoms with E-state index in [1.54, 1.807) is 0 Å². The van der Waals surface area contributed by atoms with E-state index < -0.39 is 0 Å². The molecular weight excluding hydrogens is 252 g/mol. The number of para-hydroxylation sites is 2. The van der Waals surface area contributed by atoms with Crippen molar-refractivity contribution < 1.29 is 4.74 Å². The van der Waals surface area contributed by atoms with Crippen LogP contribution in [0.15, 0.2) is 64.6 Å². The van der Waals surface area contributed by atoms with Gasteiger partial charge in [0.2, 0.25) is 5.96 Å². The molecule has 1 atom stereocenters. The molecule has 0 aromatic heterocycles. The molecule has 2 aliphatic rings. The van der Waals surface area contributed by atoms with Crippen LogP contribution in [0, 0.1) is 0 Å². The molecule has 2 heterocycles. The van der Waals surface area contributed by atoms with E-state index in [1.807, 2.05) is 59.5 Å². The van der Waals surface area contributed by atoms with Gasteiger partial charge in [-0.15, -0.1) is 0 Å². The Balaban J connectivity index is 1.86. The summed E-state index contributed by atoms with van der Waals surface area (Å²) < 4.78 is 5.75. The highest BCUT2D eigenvalue weighted by atomic mass is 16.5. The zero-order chi connectivity index (χ0) is 13.5. The van der Waals surface area contributed by atoms with E-state index in [2.05, 4.69) is 9.98 Å². The van der Waals surface area contributed by atoms with Crippen LogP contribution < -0.4 is 15.4 Å². The lowest BCUT2D eigenvalue weighted by molar-refractivity contribution is 0.551. The van der Waals surface area contributed by atoms with Gasteiger partial charge in [0.1, 0.15) is 0 Å². The number of fused-ring (bicyclic) bond motifs is 3. The van der Waals surface area contributed by atoms with Gasteiger partial charge in [-0.25, -0.2) is 4.99 Å². The molecule has 2 aromatic rings. The third kappa shape index (κ3) is 1.56. The third-order valence-corrected chi connectivity index (χ3v) is 3.34. The molecule has 5 heteroatoms. The number of benzene rings is 2. The zero-order valence-electron chi connectivity index (χ0n) is 10.6. The second-order valence-electron chi connectivity index (χ2n) is 4.61. The van der Waals surface area contributed by atoms with Gasteiger partial charge in [0.15, 0.2) is 11.9 Å². The van der Waals surface area contributed by atoms with Crippen LogP contribution in [-0.2, 0) is 0 Å². The fraction of sp³-hybridized carbons (Fsp3) is 0.0667. The number of nitrogens with two attached hydrogens (primary N) is 1. The Kier molecular flexibility index (Phi) is 2.26. The molecule has 0 fully saturated rings. The average molecular weight is 264 g/mol. The SMILES string of the molecule is NC1=N[C@@H](c2ccccc2)N2C(=N1)Oc1ccccc12. The minimum absolute atomic E-state index is 0.234. The fourth-order valence-electron chi connectivity index (χ4n) is 2.46. The summed E-state index contributed by atoms with van der Waals surface area (Å²) in [5.41, 5.74) is 7.81. The first-order valence-corrected chi connectivity index (χ1v) is 6.36. The summed E-state index contributed by atoms with van der Waals surface area (Å²) >= 11 is 0. The molecule has 0 spiro atoms. The zero-order valence-corrected chi connectivity index (χ0v) is 10.6. The van der Waals surface area contributed by atoms with Crippen molar-refractivity contribution in [1.82, 2.24) is 0 Å². The molecule has 0 bridgehead atoms. The number of nitrogens with zero attached hydrogens (tertiary/aromatic N) is 3. The lowest BCUT2D eigenvalue weighted by Crippen LogP contribution is -2.38. The highest BCUT2D eigenvalue weighted by Crippen LogP contribution is 2.41. The van der Waals surface area contributed by atoms with E-state index in [9.17, 15) is 0 Å². The van der Waals surface area contributed by atoms with Crippen LogP contribution in [0.4, 0.5) is 5.69 Å². The molecule has 2 aromatic carbocycles. The van der Waals surface area contributed by atoms with E-state index in [0.29, 0.717) is 6.02 Å². The van der Waals surface area contributed by atoms with Crippen molar-refractivity contribution in [3.8, 4) is 5.75 Å². The van der Waals surface area contributed by atoms with Crippen LogP contribution in [0.1, 0.15) is 11.7 Å². The van der Waals surface area contributed by atoms with Crippen LogP contribution in [-0.4, -0.2) is 12.0 Å². The number of guanidine groups is 1. The topological polar surface area (TPSA) is 63.2 Å². The van der Waals surface area contributed by atoms with Crippen molar-refractivity contribution in [1.29, 1.82) is 0 Å². The van der Waals surface area contributed by atoms with Gasteiger partial charge >= 0.3 is 6.02 Å². The average Bonchev–Trinajstić information content (AvgIpc) is 2.85. The highest BCUT2D eigenvalue weighted by Gasteiger charge is 2.37. The van der Waals surface area contributed by atoms with Crippen LogP contribution in [0.25, 0.3) is 0 Å². The Morgan fingerprint density at radius 3 is 2.60 bits per heavy atom. The summed E-state index contributed by atoms with van der Waals surface area (Å²) in [5.74, 6) is 1.01. The van der Waals surface area contributed by atoms with Crippen molar-refractivity contribution in [2.75, 3.05) is 4.90 Å². The lowest BCUT2D eigenvalue weighted by atomic mass is 10.1. The van der Waals surface area contributed by atoms with Gasteiger partial charge < -0.3 is 10.5 Å². The number of rotatable bonds is 1. The molecule has 0 saturated carbocycles. The van der Waals surface area contributed by atoms with Crippen molar-refractivity contribution in [3.05, 3.63) is 60.2 Å². The van der Waals surface area contributed by atoms with Crippen molar-refractivity contribution in [3.63, 3.8) is 0 Å². The van der Waals surface area contributed by atoms with Crippen molar-refractivity contribution in [2.24, 2.45) is 15.7 Å². The standard InChI is InChI=1S/C15H12N4O/c16-14-17-13(10-6-2-1-3-7-10)19-11-8-4-5-9-12(11)20-15(19)18-14/h1-9,13H,(H2,16,17)/t13-/m1/s1. The highest BCUT2D eigenvalue weighted by molar-refractivity contribution is 6.07. The maximum atomic E-state index is 5.81. The van der Waals surface area contributed by atoms with Gasteiger partial charge in [0, 0.05) is 0 Å².